The molecule has 2 unspecified atom stereocenters. The molecule has 2 aliphatic heterocycles. The van der Waals surface area contributed by atoms with Gasteiger partial charge in [0, 0.05) is 6.54 Å². The van der Waals surface area contributed by atoms with E-state index in [1.165, 1.54) is 12.8 Å². The van der Waals surface area contributed by atoms with Gasteiger partial charge < -0.3 is 5.32 Å². The highest BCUT2D eigenvalue weighted by molar-refractivity contribution is 6.05. The fourth-order valence-electron chi connectivity index (χ4n) is 4.05. The summed E-state index contributed by atoms with van der Waals surface area (Å²) in [6, 6.07) is 0. The standard InChI is InChI=1S/C15H24N2O2/c1-10-8-12-13(9-10)15(19)17(14(12)18)7-4-11-2-5-16-6-3-11/h10-13,16H,2-9H2,1H3. The number of hydrogen-bond donors (Lipinski definition) is 1. The Morgan fingerprint density at radius 2 is 1.68 bits per heavy atom. The number of amides is 2. The lowest BCUT2D eigenvalue weighted by molar-refractivity contribution is -0.140. The molecule has 1 N–H and O–H groups in total. The molecule has 3 rings (SSSR count). The molecule has 1 aliphatic carbocycles. The number of carbonyl (C=O) groups is 2. The number of imide groups is 1. The second-order valence-corrected chi connectivity index (χ2v) is 6.60. The zero-order valence-electron chi connectivity index (χ0n) is 11.7. The van der Waals surface area contributed by atoms with E-state index in [9.17, 15) is 9.59 Å². The Morgan fingerprint density at radius 3 is 2.26 bits per heavy atom. The molecule has 3 fully saturated rings. The van der Waals surface area contributed by atoms with Crippen LogP contribution in [-0.2, 0) is 9.59 Å². The molecule has 106 valence electrons. The smallest absolute Gasteiger partial charge is 0.233 e. The first-order valence-electron chi connectivity index (χ1n) is 7.72. The summed E-state index contributed by atoms with van der Waals surface area (Å²) < 4.78 is 0. The van der Waals surface area contributed by atoms with Crippen LogP contribution >= 0.6 is 0 Å². The number of likely N-dealkylation sites (tertiary alicyclic amines) is 1. The van der Waals surface area contributed by atoms with Crippen LogP contribution in [0.4, 0.5) is 0 Å². The van der Waals surface area contributed by atoms with Gasteiger partial charge in [-0.3, -0.25) is 14.5 Å². The summed E-state index contributed by atoms with van der Waals surface area (Å²) in [6.45, 7) is 4.96. The van der Waals surface area contributed by atoms with Crippen LogP contribution in [-0.4, -0.2) is 36.3 Å². The molecule has 0 spiro atoms. The first-order chi connectivity index (χ1) is 9.16. The van der Waals surface area contributed by atoms with E-state index in [1.807, 2.05) is 0 Å². The van der Waals surface area contributed by atoms with E-state index in [1.54, 1.807) is 4.90 Å². The third-order valence-corrected chi connectivity index (χ3v) is 5.18. The predicted octanol–water partition coefficient (Wildman–Crippen LogP) is 1.41. The number of carbonyl (C=O) groups excluding carboxylic acids is 2. The molecule has 3 aliphatic rings. The molecule has 2 saturated heterocycles. The fourth-order valence-corrected chi connectivity index (χ4v) is 4.05. The quantitative estimate of drug-likeness (QED) is 0.784. The Morgan fingerprint density at radius 1 is 1.11 bits per heavy atom. The summed E-state index contributed by atoms with van der Waals surface area (Å²) in [4.78, 5) is 26.2. The lowest BCUT2D eigenvalue weighted by atomic mass is 9.94. The molecular weight excluding hydrogens is 240 g/mol. The van der Waals surface area contributed by atoms with Crippen molar-refractivity contribution < 1.29 is 9.59 Å². The lowest BCUT2D eigenvalue weighted by Crippen LogP contribution is -2.35. The molecule has 2 amide bonds. The molecule has 0 bridgehead atoms. The van der Waals surface area contributed by atoms with Gasteiger partial charge >= 0.3 is 0 Å². The lowest BCUT2D eigenvalue weighted by Gasteiger charge is -2.25. The van der Waals surface area contributed by atoms with Crippen molar-refractivity contribution in [1.29, 1.82) is 0 Å². The van der Waals surface area contributed by atoms with E-state index in [4.69, 9.17) is 0 Å². The van der Waals surface area contributed by atoms with Crippen LogP contribution in [0.15, 0.2) is 0 Å². The zero-order chi connectivity index (χ0) is 13.4. The minimum atomic E-state index is 0.00974. The Hall–Kier alpha value is -0.900. The summed E-state index contributed by atoms with van der Waals surface area (Å²) in [7, 11) is 0. The van der Waals surface area contributed by atoms with Crippen molar-refractivity contribution in [3.63, 3.8) is 0 Å². The molecule has 4 nitrogen and oxygen atoms in total. The van der Waals surface area contributed by atoms with Crippen LogP contribution < -0.4 is 5.32 Å². The molecule has 0 radical (unpaired) electrons. The largest absolute Gasteiger partial charge is 0.317 e. The monoisotopic (exact) mass is 264 g/mol. The summed E-state index contributed by atoms with van der Waals surface area (Å²) in [5.41, 5.74) is 0. The maximum atomic E-state index is 12.3. The van der Waals surface area contributed by atoms with Crippen LogP contribution in [0.3, 0.4) is 0 Å². The van der Waals surface area contributed by atoms with Gasteiger partial charge in [0.05, 0.1) is 11.8 Å². The topological polar surface area (TPSA) is 49.4 Å². The minimum Gasteiger partial charge on any atom is -0.317 e. The van der Waals surface area contributed by atoms with Gasteiger partial charge in [0.15, 0.2) is 0 Å². The van der Waals surface area contributed by atoms with Crippen molar-refractivity contribution in [2.24, 2.45) is 23.7 Å². The zero-order valence-corrected chi connectivity index (χ0v) is 11.7. The molecule has 4 heteroatoms. The maximum absolute atomic E-state index is 12.3. The van der Waals surface area contributed by atoms with Gasteiger partial charge in [-0.25, -0.2) is 0 Å². The molecule has 1 saturated carbocycles. The Balaban J connectivity index is 1.57. The first-order valence-corrected chi connectivity index (χ1v) is 7.72. The van der Waals surface area contributed by atoms with Crippen molar-refractivity contribution in [2.75, 3.05) is 19.6 Å². The molecule has 0 aromatic heterocycles. The number of nitrogens with zero attached hydrogens (tertiary/aromatic N) is 1. The van der Waals surface area contributed by atoms with Gasteiger partial charge in [-0.05, 0) is 57.0 Å². The molecule has 2 heterocycles. The highest BCUT2D eigenvalue weighted by Crippen LogP contribution is 2.43. The van der Waals surface area contributed by atoms with Crippen LogP contribution in [0.25, 0.3) is 0 Å². The Kier molecular flexibility index (Phi) is 3.61. The number of piperidine rings is 1. The first kappa shape index (κ1) is 13.1. The molecule has 2 atom stereocenters. The molecular formula is C15H24N2O2. The molecule has 19 heavy (non-hydrogen) atoms. The van der Waals surface area contributed by atoms with Gasteiger partial charge in [-0.15, -0.1) is 0 Å². The third kappa shape index (κ3) is 2.42. The maximum Gasteiger partial charge on any atom is 0.233 e. The number of hydrogen-bond acceptors (Lipinski definition) is 3. The highest BCUT2D eigenvalue weighted by Gasteiger charge is 2.51. The van der Waals surface area contributed by atoms with E-state index in [0.717, 1.165) is 32.4 Å². The second-order valence-electron chi connectivity index (χ2n) is 6.60. The average molecular weight is 264 g/mol. The summed E-state index contributed by atoms with van der Waals surface area (Å²) in [5.74, 6) is 1.48. The predicted molar refractivity (Wildman–Crippen MR) is 72.3 cm³/mol. The molecule has 0 aromatic carbocycles. The minimum absolute atomic E-state index is 0.00974. The van der Waals surface area contributed by atoms with Gasteiger partial charge in [-0.2, -0.15) is 0 Å². The van der Waals surface area contributed by atoms with E-state index in [0.29, 0.717) is 18.4 Å². The third-order valence-electron chi connectivity index (χ3n) is 5.18. The SMILES string of the molecule is CC1CC2C(=O)N(CCC3CCNCC3)C(=O)C2C1. The van der Waals surface area contributed by atoms with E-state index >= 15 is 0 Å². The summed E-state index contributed by atoms with van der Waals surface area (Å²) >= 11 is 0. The fraction of sp³-hybridized carbons (Fsp3) is 0.867. The van der Waals surface area contributed by atoms with Crippen molar-refractivity contribution in [3.05, 3.63) is 0 Å². The van der Waals surface area contributed by atoms with Crippen molar-refractivity contribution in [2.45, 2.75) is 39.0 Å². The van der Waals surface area contributed by atoms with Gasteiger partial charge in [0.1, 0.15) is 0 Å². The van der Waals surface area contributed by atoms with E-state index in [-0.39, 0.29) is 23.7 Å². The van der Waals surface area contributed by atoms with Gasteiger partial charge in [-0.1, -0.05) is 6.92 Å². The van der Waals surface area contributed by atoms with Crippen molar-refractivity contribution >= 4 is 11.8 Å². The van der Waals surface area contributed by atoms with Crippen molar-refractivity contribution in [1.82, 2.24) is 10.2 Å². The Labute approximate surface area is 114 Å². The van der Waals surface area contributed by atoms with Crippen LogP contribution in [0.1, 0.15) is 39.0 Å². The summed E-state index contributed by atoms with van der Waals surface area (Å²) in [5, 5.41) is 3.35. The van der Waals surface area contributed by atoms with Crippen molar-refractivity contribution in [3.8, 4) is 0 Å². The van der Waals surface area contributed by atoms with Crippen LogP contribution in [0, 0.1) is 23.7 Å². The Bertz CT molecular complexity index is 352. The number of nitrogens with one attached hydrogen (secondary N) is 1. The summed E-state index contributed by atoms with van der Waals surface area (Å²) in [6.07, 6.45) is 5.19. The highest BCUT2D eigenvalue weighted by atomic mass is 16.2. The number of fused-ring (bicyclic) bond motifs is 1. The van der Waals surface area contributed by atoms with Crippen LogP contribution in [0.5, 0.6) is 0 Å². The van der Waals surface area contributed by atoms with Gasteiger partial charge in [0.2, 0.25) is 11.8 Å². The number of rotatable bonds is 3. The normalized spacial score (nSPS) is 36.1. The van der Waals surface area contributed by atoms with Crippen LogP contribution in [0.2, 0.25) is 0 Å². The molecule has 0 aromatic rings. The average Bonchev–Trinajstić information content (AvgIpc) is 2.89. The van der Waals surface area contributed by atoms with E-state index in [2.05, 4.69) is 12.2 Å². The van der Waals surface area contributed by atoms with Gasteiger partial charge in [0.25, 0.3) is 0 Å². The van der Waals surface area contributed by atoms with E-state index < -0.39 is 0 Å². The second kappa shape index (κ2) is 5.23.